The summed E-state index contributed by atoms with van der Waals surface area (Å²) in [6.45, 7) is 5.06. The molecule has 7 heteroatoms. The number of hydrogen-bond donors (Lipinski definition) is 1. The number of anilines is 2. The first-order valence-corrected chi connectivity index (χ1v) is 10.5. The minimum atomic E-state index is -3.69. The molecule has 0 aliphatic heterocycles. The lowest BCUT2D eigenvalue weighted by Gasteiger charge is -2.30. The molecule has 0 aliphatic carbocycles. The molecule has 144 valence electrons. The Balaban J connectivity index is 2.38. The second kappa shape index (κ2) is 8.35. The van der Waals surface area contributed by atoms with Gasteiger partial charge in [0.1, 0.15) is 6.04 Å². The van der Waals surface area contributed by atoms with Gasteiger partial charge in [0, 0.05) is 11.3 Å². The Morgan fingerprint density at radius 2 is 1.78 bits per heavy atom. The highest BCUT2D eigenvalue weighted by atomic mass is 32.2. The molecule has 1 atom stereocenters. The van der Waals surface area contributed by atoms with Gasteiger partial charge in [0.15, 0.2) is 5.78 Å². The molecule has 0 radical (unpaired) electrons. The Hall–Kier alpha value is -2.67. The number of aryl methyl sites for hydroxylation is 1. The second-order valence-electron chi connectivity index (χ2n) is 6.45. The predicted octanol–water partition coefficient (Wildman–Crippen LogP) is 3.38. The summed E-state index contributed by atoms with van der Waals surface area (Å²) >= 11 is 0. The second-order valence-corrected chi connectivity index (χ2v) is 8.31. The van der Waals surface area contributed by atoms with E-state index in [0.29, 0.717) is 23.4 Å². The fourth-order valence-corrected chi connectivity index (χ4v) is 4.07. The van der Waals surface area contributed by atoms with Crippen molar-refractivity contribution in [3.63, 3.8) is 0 Å². The van der Waals surface area contributed by atoms with Crippen molar-refractivity contribution in [2.45, 2.75) is 33.2 Å². The average molecular weight is 388 g/mol. The summed E-state index contributed by atoms with van der Waals surface area (Å²) < 4.78 is 26.0. The molecular formula is C20H24N2O4S. The number of Topliss-reactive ketones (excluding diaryl/α,β-unsaturated/α-hetero) is 1. The number of carbonyl (C=O) groups is 2. The van der Waals surface area contributed by atoms with Gasteiger partial charge in [-0.15, -0.1) is 0 Å². The van der Waals surface area contributed by atoms with Gasteiger partial charge in [-0.05, 0) is 50.1 Å². The summed E-state index contributed by atoms with van der Waals surface area (Å²) in [5, 5.41) is 2.73. The smallest absolute Gasteiger partial charge is 0.248 e. The van der Waals surface area contributed by atoms with Crippen molar-refractivity contribution in [2.75, 3.05) is 15.9 Å². The highest BCUT2D eigenvalue weighted by Crippen LogP contribution is 2.24. The van der Waals surface area contributed by atoms with Crippen molar-refractivity contribution in [3.8, 4) is 0 Å². The van der Waals surface area contributed by atoms with Gasteiger partial charge in [-0.2, -0.15) is 0 Å². The number of rotatable bonds is 7. The highest BCUT2D eigenvalue weighted by Gasteiger charge is 2.31. The van der Waals surface area contributed by atoms with Crippen LogP contribution in [-0.2, 0) is 14.8 Å². The van der Waals surface area contributed by atoms with Gasteiger partial charge in [0.2, 0.25) is 15.9 Å². The Bertz CT molecular complexity index is 954. The summed E-state index contributed by atoms with van der Waals surface area (Å²) in [7, 11) is -3.69. The number of benzene rings is 2. The Morgan fingerprint density at radius 1 is 1.11 bits per heavy atom. The van der Waals surface area contributed by atoms with Gasteiger partial charge >= 0.3 is 0 Å². The zero-order valence-electron chi connectivity index (χ0n) is 15.9. The molecule has 2 aromatic carbocycles. The van der Waals surface area contributed by atoms with E-state index in [1.54, 1.807) is 49.4 Å². The molecule has 2 aromatic rings. The van der Waals surface area contributed by atoms with E-state index in [-0.39, 0.29) is 5.78 Å². The molecule has 0 spiro atoms. The molecule has 1 N–H and O–H groups in total. The van der Waals surface area contributed by atoms with Crippen molar-refractivity contribution < 1.29 is 18.0 Å². The van der Waals surface area contributed by atoms with Gasteiger partial charge in [-0.1, -0.05) is 31.2 Å². The first kappa shape index (κ1) is 20.6. The number of nitrogens with one attached hydrogen (secondary N) is 1. The molecule has 0 aromatic heterocycles. The van der Waals surface area contributed by atoms with Crippen LogP contribution in [0.2, 0.25) is 0 Å². The first-order valence-electron chi connectivity index (χ1n) is 8.61. The van der Waals surface area contributed by atoms with Crippen LogP contribution in [0.1, 0.15) is 36.2 Å². The van der Waals surface area contributed by atoms with Crippen LogP contribution in [0.3, 0.4) is 0 Å². The highest BCUT2D eigenvalue weighted by molar-refractivity contribution is 7.92. The van der Waals surface area contributed by atoms with Crippen molar-refractivity contribution in [3.05, 3.63) is 59.7 Å². The van der Waals surface area contributed by atoms with E-state index in [0.717, 1.165) is 16.1 Å². The quantitative estimate of drug-likeness (QED) is 0.737. The predicted molar refractivity (Wildman–Crippen MR) is 108 cm³/mol. The van der Waals surface area contributed by atoms with E-state index in [1.807, 2.05) is 13.0 Å². The molecule has 6 nitrogen and oxygen atoms in total. The lowest BCUT2D eigenvalue weighted by Crippen LogP contribution is -2.47. The van der Waals surface area contributed by atoms with Crippen LogP contribution in [-0.4, -0.2) is 32.4 Å². The summed E-state index contributed by atoms with van der Waals surface area (Å²) in [6.07, 6.45) is 1.38. The van der Waals surface area contributed by atoms with Crippen LogP contribution >= 0.6 is 0 Å². The number of carbonyl (C=O) groups excluding carboxylic acids is 2. The lowest BCUT2D eigenvalue weighted by molar-refractivity contribution is -0.117. The number of ketones is 1. The van der Waals surface area contributed by atoms with Gasteiger partial charge in [-0.25, -0.2) is 8.42 Å². The van der Waals surface area contributed by atoms with Crippen LogP contribution in [0.15, 0.2) is 48.5 Å². The number of nitrogens with zero attached hydrogens (tertiary/aromatic N) is 1. The third kappa shape index (κ3) is 5.17. The van der Waals surface area contributed by atoms with Crippen LogP contribution in [0.25, 0.3) is 0 Å². The van der Waals surface area contributed by atoms with E-state index in [4.69, 9.17) is 0 Å². The fraction of sp³-hybridized carbons (Fsp3) is 0.300. The summed E-state index contributed by atoms with van der Waals surface area (Å²) in [4.78, 5) is 24.4. The molecule has 0 aliphatic rings. The minimum Gasteiger partial charge on any atom is -0.324 e. The van der Waals surface area contributed by atoms with Crippen LogP contribution in [0.5, 0.6) is 0 Å². The topological polar surface area (TPSA) is 83.6 Å². The van der Waals surface area contributed by atoms with Crippen molar-refractivity contribution >= 4 is 33.1 Å². The standard InChI is InChI=1S/C20H24N2O4S/c1-5-19(20(24)21-17-10-7-9-16(13-17)15(3)23)22(27(4,25)26)18-11-6-8-14(2)12-18/h6-13,19H,5H2,1-4H3,(H,21,24)/t19-/m0/s1. The number of hydrogen-bond acceptors (Lipinski definition) is 4. The third-order valence-corrected chi connectivity index (χ3v) is 5.30. The fourth-order valence-electron chi connectivity index (χ4n) is 2.87. The van der Waals surface area contributed by atoms with Gasteiger partial charge in [0.05, 0.1) is 11.9 Å². The maximum Gasteiger partial charge on any atom is 0.248 e. The normalized spacial score (nSPS) is 12.3. The van der Waals surface area contributed by atoms with Crippen molar-refractivity contribution in [1.82, 2.24) is 0 Å². The number of amides is 1. The molecule has 0 bridgehead atoms. The maximum atomic E-state index is 12.9. The molecule has 27 heavy (non-hydrogen) atoms. The summed E-state index contributed by atoms with van der Waals surface area (Å²) in [5.41, 5.74) is 2.26. The Kier molecular flexibility index (Phi) is 6.38. The van der Waals surface area contributed by atoms with Gasteiger partial charge in [-0.3, -0.25) is 13.9 Å². The zero-order valence-corrected chi connectivity index (χ0v) is 16.7. The van der Waals surface area contributed by atoms with Crippen LogP contribution < -0.4 is 9.62 Å². The largest absolute Gasteiger partial charge is 0.324 e. The molecule has 0 saturated heterocycles. The van der Waals surface area contributed by atoms with Crippen LogP contribution in [0.4, 0.5) is 11.4 Å². The first-order chi connectivity index (χ1) is 12.6. The van der Waals surface area contributed by atoms with Crippen molar-refractivity contribution in [1.29, 1.82) is 0 Å². The Morgan fingerprint density at radius 3 is 2.33 bits per heavy atom. The molecule has 0 saturated carbocycles. The SMILES string of the molecule is CC[C@@H](C(=O)Nc1cccc(C(C)=O)c1)N(c1cccc(C)c1)S(C)(=O)=O. The van der Waals surface area contributed by atoms with E-state index in [1.165, 1.54) is 6.92 Å². The van der Waals surface area contributed by atoms with E-state index >= 15 is 0 Å². The van der Waals surface area contributed by atoms with E-state index in [9.17, 15) is 18.0 Å². The molecule has 0 fully saturated rings. The zero-order chi connectivity index (χ0) is 20.2. The molecular weight excluding hydrogens is 364 g/mol. The monoisotopic (exact) mass is 388 g/mol. The Labute approximate surface area is 160 Å². The molecule has 1 amide bonds. The van der Waals surface area contributed by atoms with E-state index < -0.39 is 22.0 Å². The third-order valence-electron chi connectivity index (χ3n) is 4.12. The summed E-state index contributed by atoms with van der Waals surface area (Å²) in [5.74, 6) is -0.569. The molecule has 2 rings (SSSR count). The average Bonchev–Trinajstić information content (AvgIpc) is 2.58. The number of sulfonamides is 1. The summed E-state index contributed by atoms with van der Waals surface area (Å²) in [6, 6.07) is 12.7. The van der Waals surface area contributed by atoms with Gasteiger partial charge < -0.3 is 5.32 Å². The van der Waals surface area contributed by atoms with Crippen molar-refractivity contribution in [2.24, 2.45) is 0 Å². The molecule has 0 heterocycles. The lowest BCUT2D eigenvalue weighted by atomic mass is 10.1. The minimum absolute atomic E-state index is 0.115. The van der Waals surface area contributed by atoms with E-state index in [2.05, 4.69) is 5.32 Å². The van der Waals surface area contributed by atoms with Gasteiger partial charge in [0.25, 0.3) is 0 Å². The molecule has 0 unspecified atom stereocenters. The maximum absolute atomic E-state index is 12.9. The van der Waals surface area contributed by atoms with Crippen LogP contribution in [0, 0.1) is 6.92 Å².